The van der Waals surface area contributed by atoms with E-state index in [2.05, 4.69) is 4.98 Å². The largest absolute Gasteiger partial charge is 0.486 e. The first-order valence-electron chi connectivity index (χ1n) is 8.67. The summed E-state index contributed by atoms with van der Waals surface area (Å²) in [4.78, 5) is 18.5. The normalized spacial score (nSPS) is 14.1. The van der Waals surface area contributed by atoms with E-state index in [4.69, 9.17) is 9.15 Å². The van der Waals surface area contributed by atoms with Gasteiger partial charge in [0.15, 0.2) is 5.76 Å². The van der Waals surface area contributed by atoms with E-state index in [9.17, 15) is 4.79 Å². The van der Waals surface area contributed by atoms with Crippen molar-refractivity contribution in [1.82, 2.24) is 9.88 Å². The maximum absolute atomic E-state index is 12.7. The van der Waals surface area contributed by atoms with E-state index in [1.807, 2.05) is 60.4 Å². The molecule has 1 amide bonds. The van der Waals surface area contributed by atoms with Crippen LogP contribution in [0.4, 0.5) is 0 Å². The summed E-state index contributed by atoms with van der Waals surface area (Å²) in [5, 5.41) is 0. The summed E-state index contributed by atoms with van der Waals surface area (Å²) >= 11 is 0. The van der Waals surface area contributed by atoms with Crippen LogP contribution in [0.25, 0.3) is 0 Å². The number of ether oxygens (including phenoxy) is 1. The number of carbonyl (C=O) groups excluding carboxylic acids is 1. The summed E-state index contributed by atoms with van der Waals surface area (Å²) in [5.74, 6) is 2.15. The summed E-state index contributed by atoms with van der Waals surface area (Å²) in [7, 11) is 0. The molecule has 3 heterocycles. The SMILES string of the molecule is Cc1cc(COc2ccccc2)oc1C(=O)N1CC(c2ccncc2)C1. The highest BCUT2D eigenvalue weighted by Gasteiger charge is 2.34. The zero-order valence-corrected chi connectivity index (χ0v) is 14.6. The lowest BCUT2D eigenvalue weighted by Gasteiger charge is -2.39. The highest BCUT2D eigenvalue weighted by molar-refractivity contribution is 5.93. The van der Waals surface area contributed by atoms with Crippen LogP contribution < -0.4 is 4.74 Å². The third-order valence-corrected chi connectivity index (χ3v) is 4.63. The van der Waals surface area contributed by atoms with E-state index in [-0.39, 0.29) is 5.91 Å². The van der Waals surface area contributed by atoms with Gasteiger partial charge in [-0.3, -0.25) is 9.78 Å². The average Bonchev–Trinajstić information content (AvgIpc) is 3.01. The molecule has 0 radical (unpaired) electrons. The standard InChI is InChI=1S/C21H20N2O3/c1-15-11-19(14-25-18-5-3-2-4-6-18)26-20(15)21(24)23-12-17(13-23)16-7-9-22-10-8-16/h2-11,17H,12-14H2,1H3. The number of furan rings is 1. The molecule has 132 valence electrons. The van der Waals surface area contributed by atoms with Crippen molar-refractivity contribution in [2.24, 2.45) is 0 Å². The molecule has 0 unspecified atom stereocenters. The van der Waals surface area contributed by atoms with E-state index >= 15 is 0 Å². The van der Waals surface area contributed by atoms with Crippen LogP contribution >= 0.6 is 0 Å². The van der Waals surface area contributed by atoms with Crippen LogP contribution in [0.15, 0.2) is 65.3 Å². The molecule has 0 N–H and O–H groups in total. The summed E-state index contributed by atoms with van der Waals surface area (Å²) in [6.45, 7) is 3.61. The lowest BCUT2D eigenvalue weighted by atomic mass is 9.92. The van der Waals surface area contributed by atoms with Gasteiger partial charge in [0.1, 0.15) is 18.1 Å². The first-order chi connectivity index (χ1) is 12.7. The Labute approximate surface area is 152 Å². The number of nitrogens with zero attached hydrogens (tertiary/aromatic N) is 2. The second-order valence-electron chi connectivity index (χ2n) is 6.51. The number of aryl methyl sites for hydroxylation is 1. The van der Waals surface area contributed by atoms with E-state index in [0.29, 0.717) is 37.1 Å². The Balaban J connectivity index is 1.37. The number of benzene rings is 1. The number of pyridine rings is 1. The van der Waals surface area contributed by atoms with Gasteiger partial charge in [0.2, 0.25) is 0 Å². The predicted octanol–water partition coefficient (Wildman–Crippen LogP) is 3.80. The zero-order valence-electron chi connectivity index (χ0n) is 14.6. The minimum atomic E-state index is -0.0567. The number of amides is 1. The third-order valence-electron chi connectivity index (χ3n) is 4.63. The van der Waals surface area contributed by atoms with Gasteiger partial charge < -0.3 is 14.1 Å². The van der Waals surface area contributed by atoms with Gasteiger partial charge in [0, 0.05) is 37.0 Å². The molecular formula is C21H20N2O3. The molecule has 1 aliphatic heterocycles. The summed E-state index contributed by atoms with van der Waals surface area (Å²) < 4.78 is 11.5. The Kier molecular flexibility index (Phi) is 4.44. The van der Waals surface area contributed by atoms with Crippen molar-refractivity contribution in [2.45, 2.75) is 19.4 Å². The van der Waals surface area contributed by atoms with Crippen LogP contribution in [0.3, 0.4) is 0 Å². The van der Waals surface area contributed by atoms with Crippen LogP contribution in [0.1, 0.15) is 33.4 Å². The van der Waals surface area contributed by atoms with Crippen LogP contribution in [0.5, 0.6) is 5.75 Å². The van der Waals surface area contributed by atoms with Gasteiger partial charge in [0.25, 0.3) is 5.91 Å². The Morgan fingerprint density at radius 1 is 1.19 bits per heavy atom. The van der Waals surface area contributed by atoms with Crippen molar-refractivity contribution < 1.29 is 13.9 Å². The molecule has 0 aliphatic carbocycles. The first kappa shape index (κ1) is 16.4. The molecule has 1 fully saturated rings. The van der Waals surface area contributed by atoms with E-state index in [0.717, 1.165) is 11.3 Å². The summed E-state index contributed by atoms with van der Waals surface area (Å²) in [6.07, 6.45) is 3.57. The molecule has 26 heavy (non-hydrogen) atoms. The molecule has 1 aliphatic rings. The summed E-state index contributed by atoms with van der Waals surface area (Å²) in [5.41, 5.74) is 2.06. The number of hydrogen-bond acceptors (Lipinski definition) is 4. The molecule has 0 saturated carbocycles. The van der Waals surface area contributed by atoms with E-state index < -0.39 is 0 Å². The molecule has 0 bridgehead atoms. The number of aromatic nitrogens is 1. The molecule has 1 saturated heterocycles. The van der Waals surface area contributed by atoms with Crippen molar-refractivity contribution in [3.8, 4) is 5.75 Å². The van der Waals surface area contributed by atoms with E-state index in [1.165, 1.54) is 5.56 Å². The maximum atomic E-state index is 12.7. The maximum Gasteiger partial charge on any atom is 0.289 e. The monoisotopic (exact) mass is 348 g/mol. The molecule has 3 aromatic rings. The van der Waals surface area contributed by atoms with Gasteiger partial charge >= 0.3 is 0 Å². The molecular weight excluding hydrogens is 328 g/mol. The number of para-hydroxylation sites is 1. The van der Waals surface area contributed by atoms with Crippen LogP contribution in [-0.4, -0.2) is 28.9 Å². The highest BCUT2D eigenvalue weighted by Crippen LogP contribution is 2.29. The lowest BCUT2D eigenvalue weighted by molar-refractivity contribution is 0.0564. The van der Waals surface area contributed by atoms with Gasteiger partial charge in [-0.25, -0.2) is 0 Å². The molecule has 4 rings (SSSR count). The van der Waals surface area contributed by atoms with Crippen LogP contribution in [0.2, 0.25) is 0 Å². The number of likely N-dealkylation sites (tertiary alicyclic amines) is 1. The minimum Gasteiger partial charge on any atom is -0.486 e. The molecule has 1 aromatic carbocycles. The fourth-order valence-electron chi connectivity index (χ4n) is 3.14. The fourth-order valence-corrected chi connectivity index (χ4v) is 3.14. The number of rotatable bonds is 5. The van der Waals surface area contributed by atoms with Gasteiger partial charge in [0.05, 0.1) is 0 Å². The summed E-state index contributed by atoms with van der Waals surface area (Å²) in [6, 6.07) is 15.4. The number of carbonyl (C=O) groups is 1. The van der Waals surface area contributed by atoms with Gasteiger partial charge in [-0.05, 0) is 42.8 Å². The van der Waals surface area contributed by atoms with Crippen molar-refractivity contribution >= 4 is 5.91 Å². The molecule has 5 heteroatoms. The van der Waals surface area contributed by atoms with Crippen LogP contribution in [0, 0.1) is 6.92 Å². The van der Waals surface area contributed by atoms with Crippen molar-refractivity contribution in [1.29, 1.82) is 0 Å². The Morgan fingerprint density at radius 2 is 1.92 bits per heavy atom. The Hall–Kier alpha value is -3.08. The van der Waals surface area contributed by atoms with Crippen molar-refractivity contribution in [2.75, 3.05) is 13.1 Å². The van der Waals surface area contributed by atoms with E-state index in [1.54, 1.807) is 12.4 Å². The quantitative estimate of drug-likeness (QED) is 0.704. The molecule has 2 aromatic heterocycles. The Bertz CT molecular complexity index is 884. The zero-order chi connectivity index (χ0) is 17.9. The van der Waals surface area contributed by atoms with Crippen LogP contribution in [-0.2, 0) is 6.61 Å². The molecule has 0 atom stereocenters. The fraction of sp³-hybridized carbons (Fsp3) is 0.238. The molecule has 5 nitrogen and oxygen atoms in total. The van der Waals surface area contributed by atoms with Crippen molar-refractivity contribution in [3.05, 3.63) is 83.6 Å². The Morgan fingerprint density at radius 3 is 2.65 bits per heavy atom. The highest BCUT2D eigenvalue weighted by atomic mass is 16.5. The topological polar surface area (TPSA) is 55.6 Å². The second-order valence-corrected chi connectivity index (χ2v) is 6.51. The lowest BCUT2D eigenvalue weighted by Crippen LogP contribution is -2.48. The number of hydrogen-bond donors (Lipinski definition) is 0. The molecule has 0 spiro atoms. The smallest absolute Gasteiger partial charge is 0.289 e. The second kappa shape index (κ2) is 7.04. The van der Waals surface area contributed by atoms with Gasteiger partial charge in [-0.2, -0.15) is 0 Å². The predicted molar refractivity (Wildman–Crippen MR) is 97.1 cm³/mol. The average molecular weight is 348 g/mol. The van der Waals surface area contributed by atoms with Crippen molar-refractivity contribution in [3.63, 3.8) is 0 Å². The van der Waals surface area contributed by atoms with Gasteiger partial charge in [-0.1, -0.05) is 18.2 Å². The van der Waals surface area contributed by atoms with Gasteiger partial charge in [-0.15, -0.1) is 0 Å². The third kappa shape index (κ3) is 3.33. The minimum absolute atomic E-state index is 0.0567. The first-order valence-corrected chi connectivity index (χ1v) is 8.67.